The van der Waals surface area contributed by atoms with Crippen LogP contribution in [0.3, 0.4) is 0 Å². The van der Waals surface area contributed by atoms with E-state index in [1.165, 1.54) is 22.3 Å². The molecule has 0 atom stereocenters. The summed E-state index contributed by atoms with van der Waals surface area (Å²) in [5, 5.41) is 57.0. The molecule has 17 rings (SSSR count). The molecular weight excluding hydrogens is 1710 g/mol. The molecule has 6 aromatic heterocycles. The van der Waals surface area contributed by atoms with Crippen molar-refractivity contribution in [2.24, 2.45) is 5.11 Å². The van der Waals surface area contributed by atoms with Crippen LogP contribution in [-0.4, -0.2) is 83.9 Å². The van der Waals surface area contributed by atoms with Crippen molar-refractivity contribution >= 4 is 0 Å². The molecule has 0 aliphatic heterocycles. The summed E-state index contributed by atoms with van der Waals surface area (Å²) < 4.78 is 73.6. The van der Waals surface area contributed by atoms with Crippen LogP contribution in [0, 0.1) is 0 Å². The van der Waals surface area contributed by atoms with E-state index in [0.717, 1.165) is 104 Å². The fourth-order valence-electron chi connectivity index (χ4n) is 15.2. The standard InChI is InChI=1S/C108H107N17O11/c1-105(2,3)84-33-17-76(18-34-84)97-113-117-101(133-97)80-25-41-90(42-26-80)127-64-72-52-73(65-128-91-43-27-81(28-44-91)102-118-114-98(134-102)77-19-35-85(36-20-77)106(4,5)6)57-95(56-72)131-68-88-62-124(122-111-88)60-70-51-71(55-94(54-70)126-50-16-14-13-15-49-110-121-109)61-125-63-89(112-123-125)69-132-96-58-74(66-129-92-45-29-82(30-46-92)103-119-115-99(135-103)78-21-37-86(38-22-78)107(7,8)9)53-75(59-96)67-130-93-47-31-83(32-48-93)104-120-116-100(136-104)79-23-39-87(40-24-79)108(10,11)12/h17-48,51-59,62-63H,13-16,49-50,60-61,64-69H2,1-12H3. The number of rotatable bonds is 38. The molecule has 0 bridgehead atoms. The quantitative estimate of drug-likeness (QED) is 0.0150. The fourth-order valence-corrected chi connectivity index (χ4v) is 15.2. The van der Waals surface area contributed by atoms with E-state index in [1.807, 2.05) is 207 Å². The minimum absolute atomic E-state index is 0.0139. The zero-order valence-electron chi connectivity index (χ0n) is 78.3. The second-order valence-corrected chi connectivity index (χ2v) is 37.8. The molecule has 0 amide bonds. The summed E-state index contributed by atoms with van der Waals surface area (Å²) in [6.07, 6.45) is 7.18. The van der Waals surface area contributed by atoms with E-state index in [0.29, 0.717) is 125 Å². The zero-order valence-corrected chi connectivity index (χ0v) is 78.3. The first-order chi connectivity index (χ1) is 65.7. The van der Waals surface area contributed by atoms with Gasteiger partial charge in [-0.3, -0.25) is 0 Å². The number of aromatic nitrogens is 14. The Bertz CT molecular complexity index is 6190. The zero-order chi connectivity index (χ0) is 94.3. The summed E-state index contributed by atoms with van der Waals surface area (Å²) in [5.74, 6) is 7.72. The highest BCUT2D eigenvalue weighted by atomic mass is 16.5. The molecule has 11 aromatic carbocycles. The first-order valence-electron chi connectivity index (χ1n) is 45.5. The van der Waals surface area contributed by atoms with Gasteiger partial charge in [-0.25, -0.2) is 9.36 Å². The largest absolute Gasteiger partial charge is 0.494 e. The van der Waals surface area contributed by atoms with Crippen LogP contribution in [0.1, 0.15) is 176 Å². The summed E-state index contributed by atoms with van der Waals surface area (Å²) in [5.41, 5.74) is 26.5. The van der Waals surface area contributed by atoms with E-state index in [9.17, 15) is 0 Å². The molecule has 0 fully saturated rings. The van der Waals surface area contributed by atoms with Gasteiger partial charge in [-0.2, -0.15) is 0 Å². The van der Waals surface area contributed by atoms with Crippen molar-refractivity contribution in [2.45, 2.75) is 183 Å². The van der Waals surface area contributed by atoms with Crippen molar-refractivity contribution in [3.8, 4) is 132 Å². The molecule has 0 saturated heterocycles. The number of unbranched alkanes of at least 4 members (excludes halogenated alkanes) is 3. The lowest BCUT2D eigenvalue weighted by molar-refractivity contribution is 0.286. The third-order valence-corrected chi connectivity index (χ3v) is 22.9. The van der Waals surface area contributed by atoms with E-state index < -0.39 is 0 Å². The van der Waals surface area contributed by atoms with Gasteiger partial charge in [-0.1, -0.05) is 166 Å². The first kappa shape index (κ1) is 92.0. The summed E-state index contributed by atoms with van der Waals surface area (Å²) in [4.78, 5) is 2.90. The van der Waals surface area contributed by atoms with Crippen molar-refractivity contribution in [3.63, 3.8) is 0 Å². The van der Waals surface area contributed by atoms with Gasteiger partial charge < -0.3 is 50.8 Å². The maximum atomic E-state index is 8.82. The lowest BCUT2D eigenvalue weighted by atomic mass is 9.87. The molecule has 0 N–H and O–H groups in total. The van der Waals surface area contributed by atoms with E-state index in [4.69, 9.17) is 56.4 Å². The fraction of sp³-hybridized carbons (Fsp3) is 0.278. The highest BCUT2D eigenvalue weighted by molar-refractivity contribution is 5.64. The van der Waals surface area contributed by atoms with Crippen molar-refractivity contribution in [3.05, 3.63) is 339 Å². The summed E-state index contributed by atoms with van der Waals surface area (Å²) in [7, 11) is 0. The Morgan fingerprint density at radius 1 is 0.265 bits per heavy atom. The normalized spacial score (nSPS) is 11.8. The summed E-state index contributed by atoms with van der Waals surface area (Å²) in [6.45, 7) is 28.9. The van der Waals surface area contributed by atoms with Gasteiger partial charge in [0.2, 0.25) is 47.1 Å². The minimum atomic E-state index is 0.0139. The van der Waals surface area contributed by atoms with Gasteiger partial charge in [0, 0.05) is 56.0 Å². The Balaban J connectivity index is 0.565. The molecule has 0 unspecified atom stereocenters. The van der Waals surface area contributed by atoms with Gasteiger partial charge in [0.25, 0.3) is 0 Å². The molecule has 136 heavy (non-hydrogen) atoms. The Morgan fingerprint density at radius 3 is 0.765 bits per heavy atom. The Hall–Kier alpha value is -15.8. The molecule has 0 radical (unpaired) electrons. The van der Waals surface area contributed by atoms with Gasteiger partial charge in [-0.15, -0.1) is 51.0 Å². The number of azide groups is 1. The Kier molecular flexibility index (Phi) is 27.8. The first-order valence-corrected chi connectivity index (χ1v) is 45.5. The molecule has 17 aromatic rings. The van der Waals surface area contributed by atoms with Gasteiger partial charge in [0.05, 0.1) is 32.1 Å². The van der Waals surface area contributed by atoms with Crippen LogP contribution in [0.5, 0.6) is 40.2 Å². The number of nitrogens with zero attached hydrogens (tertiary/aromatic N) is 17. The molecular formula is C108H107N17O11. The van der Waals surface area contributed by atoms with E-state index >= 15 is 0 Å². The van der Waals surface area contributed by atoms with Crippen LogP contribution in [0.25, 0.3) is 102 Å². The van der Waals surface area contributed by atoms with E-state index in [1.54, 1.807) is 9.36 Å². The molecule has 6 heterocycles. The van der Waals surface area contributed by atoms with Gasteiger partial charge in [0.15, 0.2) is 0 Å². The monoisotopic (exact) mass is 1820 g/mol. The predicted octanol–water partition coefficient (Wildman–Crippen LogP) is 24.7. The average molecular weight is 1820 g/mol. The Labute approximate surface area is 789 Å². The van der Waals surface area contributed by atoms with Crippen LogP contribution >= 0.6 is 0 Å². The van der Waals surface area contributed by atoms with Crippen molar-refractivity contribution in [1.82, 2.24) is 70.8 Å². The maximum Gasteiger partial charge on any atom is 0.248 e. The van der Waals surface area contributed by atoms with Crippen LogP contribution in [0.2, 0.25) is 0 Å². The average Bonchev–Trinajstić information content (AvgIpc) is 1.68. The summed E-state index contributed by atoms with van der Waals surface area (Å²) in [6, 6.07) is 81.1. The molecule has 0 aliphatic carbocycles. The van der Waals surface area contributed by atoms with Gasteiger partial charge >= 0.3 is 0 Å². The number of ether oxygens (including phenoxy) is 7. The van der Waals surface area contributed by atoms with E-state index in [-0.39, 0.29) is 61.3 Å². The smallest absolute Gasteiger partial charge is 0.248 e. The van der Waals surface area contributed by atoms with Gasteiger partial charge in [0.1, 0.15) is 91.3 Å². The van der Waals surface area contributed by atoms with Crippen LogP contribution in [0.15, 0.2) is 284 Å². The second kappa shape index (κ2) is 41.1. The lowest BCUT2D eigenvalue weighted by Crippen LogP contribution is -2.10. The van der Waals surface area contributed by atoms with Crippen molar-refractivity contribution in [2.75, 3.05) is 13.2 Å². The Morgan fingerprint density at radius 2 is 0.500 bits per heavy atom. The second-order valence-electron chi connectivity index (χ2n) is 37.8. The van der Waals surface area contributed by atoms with Gasteiger partial charge in [-0.05, 0) is 290 Å². The number of hydrogen-bond acceptors (Lipinski definition) is 24. The summed E-state index contributed by atoms with van der Waals surface area (Å²) >= 11 is 0. The van der Waals surface area contributed by atoms with Crippen molar-refractivity contribution in [1.29, 1.82) is 0 Å². The van der Waals surface area contributed by atoms with E-state index in [2.05, 4.69) is 209 Å². The van der Waals surface area contributed by atoms with Crippen molar-refractivity contribution < 1.29 is 50.8 Å². The SMILES string of the molecule is CC(C)(C)c1ccc(-c2nnc(-c3ccc(OCc4cc(COc5ccc(-c6nnc(-c7ccc(C(C)(C)C)cc7)o6)cc5)cc(OCc5cn(Cc6cc(Cn7cc(COc8cc(COc9ccc(-c%10nnc(-c%11ccc(C(C)(C)C)cc%11)o%10)cc9)cc(COc9ccc(-c%10nnc(-c%11ccc(C(C)(C)C)cc%11)o%10)cc9)c8)nn7)cc(OCCCCCCN=[N+]=[N-])c6)nn5)c4)cc3)o2)cc1. The third kappa shape index (κ3) is 24.3. The highest BCUT2D eigenvalue weighted by Crippen LogP contribution is 2.37. The predicted molar refractivity (Wildman–Crippen MR) is 517 cm³/mol. The maximum absolute atomic E-state index is 8.82. The molecule has 0 saturated carbocycles. The lowest BCUT2D eigenvalue weighted by Gasteiger charge is -2.18. The van der Waals surface area contributed by atoms with Crippen LogP contribution in [-0.2, 0) is 74.4 Å². The molecule has 28 nitrogen and oxygen atoms in total. The molecule has 0 spiro atoms. The third-order valence-electron chi connectivity index (χ3n) is 22.9. The number of hydrogen-bond donors (Lipinski definition) is 0. The highest BCUT2D eigenvalue weighted by Gasteiger charge is 2.24. The van der Waals surface area contributed by atoms with Crippen LogP contribution in [0.4, 0.5) is 0 Å². The molecule has 28 heteroatoms. The molecule has 0 aliphatic rings. The molecule has 690 valence electrons. The van der Waals surface area contributed by atoms with Crippen LogP contribution < -0.4 is 33.2 Å². The number of benzene rings is 11. The topological polar surface area (TPSA) is 330 Å². The minimum Gasteiger partial charge on any atom is -0.494 e.